The minimum absolute atomic E-state index is 0.00196. The summed E-state index contributed by atoms with van der Waals surface area (Å²) in [6.07, 6.45) is 3.11. The summed E-state index contributed by atoms with van der Waals surface area (Å²) in [5.74, 6) is -1.14. The molecule has 1 aliphatic carbocycles. The molecule has 104 valence electrons. The van der Waals surface area contributed by atoms with Gasteiger partial charge in [-0.2, -0.15) is 0 Å². The van der Waals surface area contributed by atoms with Crippen molar-refractivity contribution in [3.8, 4) is 0 Å². The van der Waals surface area contributed by atoms with E-state index in [1.807, 2.05) is 12.3 Å². The van der Waals surface area contributed by atoms with E-state index >= 15 is 0 Å². The van der Waals surface area contributed by atoms with Crippen molar-refractivity contribution in [2.75, 3.05) is 0 Å². The second-order valence-electron chi connectivity index (χ2n) is 4.88. The van der Waals surface area contributed by atoms with Crippen molar-refractivity contribution in [1.29, 1.82) is 0 Å². The van der Waals surface area contributed by atoms with Crippen LogP contribution >= 0.6 is 11.3 Å². The van der Waals surface area contributed by atoms with Crippen LogP contribution in [0.4, 0.5) is 0 Å². The van der Waals surface area contributed by atoms with Crippen molar-refractivity contribution in [3.63, 3.8) is 0 Å². The first kappa shape index (κ1) is 14.0. The predicted molar refractivity (Wildman–Crippen MR) is 72.1 cm³/mol. The van der Waals surface area contributed by atoms with Crippen LogP contribution in [0, 0.1) is 5.92 Å². The largest absolute Gasteiger partial charge is 0.481 e. The zero-order valence-corrected chi connectivity index (χ0v) is 11.7. The molecular weight excluding hydrogens is 264 g/mol. The van der Waals surface area contributed by atoms with Gasteiger partial charge in [0, 0.05) is 11.4 Å². The summed E-state index contributed by atoms with van der Waals surface area (Å²) in [7, 11) is 0. The Labute approximate surface area is 116 Å². The third-order valence-electron chi connectivity index (χ3n) is 3.39. The summed E-state index contributed by atoms with van der Waals surface area (Å²) in [4.78, 5) is 27.0. The number of nitrogens with one attached hydrogen (secondary N) is 1. The fourth-order valence-electron chi connectivity index (χ4n) is 2.37. The number of aliphatic carboxylic acids is 1. The molecule has 19 heavy (non-hydrogen) atoms. The van der Waals surface area contributed by atoms with Crippen LogP contribution in [-0.2, 0) is 22.4 Å². The number of thiazole rings is 1. The van der Waals surface area contributed by atoms with Crippen LogP contribution in [0.5, 0.6) is 0 Å². The lowest BCUT2D eigenvalue weighted by molar-refractivity contribution is -0.141. The van der Waals surface area contributed by atoms with Crippen LogP contribution in [-0.4, -0.2) is 28.0 Å². The fraction of sp³-hybridized carbons (Fsp3) is 0.615. The molecule has 0 saturated heterocycles. The Morgan fingerprint density at radius 2 is 2.32 bits per heavy atom. The maximum absolute atomic E-state index is 11.8. The molecule has 2 rings (SSSR count). The maximum atomic E-state index is 11.8. The van der Waals surface area contributed by atoms with E-state index in [2.05, 4.69) is 10.3 Å². The highest BCUT2D eigenvalue weighted by Crippen LogP contribution is 2.25. The Balaban J connectivity index is 1.80. The van der Waals surface area contributed by atoms with Crippen molar-refractivity contribution in [3.05, 3.63) is 16.1 Å². The van der Waals surface area contributed by atoms with E-state index < -0.39 is 5.97 Å². The Bertz CT molecular complexity index is 472. The van der Waals surface area contributed by atoms with E-state index in [9.17, 15) is 9.59 Å². The van der Waals surface area contributed by atoms with Crippen LogP contribution in [0.15, 0.2) is 5.38 Å². The second-order valence-corrected chi connectivity index (χ2v) is 5.82. The molecule has 6 heteroatoms. The van der Waals surface area contributed by atoms with Gasteiger partial charge in [-0.15, -0.1) is 11.3 Å². The number of carbonyl (C=O) groups excluding carboxylic acids is 1. The quantitative estimate of drug-likeness (QED) is 0.860. The van der Waals surface area contributed by atoms with Crippen molar-refractivity contribution < 1.29 is 14.7 Å². The Kier molecular flexibility index (Phi) is 4.52. The zero-order chi connectivity index (χ0) is 13.8. The number of amides is 1. The lowest BCUT2D eigenvalue weighted by atomic mass is 10.1. The highest BCUT2D eigenvalue weighted by molar-refractivity contribution is 7.09. The van der Waals surface area contributed by atoms with Gasteiger partial charge in [-0.05, 0) is 25.7 Å². The van der Waals surface area contributed by atoms with Crippen molar-refractivity contribution in [2.45, 2.75) is 45.1 Å². The Morgan fingerprint density at radius 1 is 1.53 bits per heavy atom. The van der Waals surface area contributed by atoms with Gasteiger partial charge in [0.25, 0.3) is 0 Å². The number of hydrogen-bond donors (Lipinski definition) is 2. The molecule has 1 aliphatic rings. The minimum atomic E-state index is -0.760. The van der Waals surface area contributed by atoms with E-state index in [1.165, 1.54) is 0 Å². The van der Waals surface area contributed by atoms with Gasteiger partial charge < -0.3 is 10.4 Å². The van der Waals surface area contributed by atoms with E-state index in [4.69, 9.17) is 5.11 Å². The highest BCUT2D eigenvalue weighted by atomic mass is 32.1. The molecule has 0 spiro atoms. The molecule has 1 amide bonds. The third-order valence-corrected chi connectivity index (χ3v) is 4.43. The summed E-state index contributed by atoms with van der Waals surface area (Å²) in [6, 6.07) is -0.00196. The van der Waals surface area contributed by atoms with E-state index in [0.29, 0.717) is 12.8 Å². The first-order valence-corrected chi connectivity index (χ1v) is 7.42. The molecule has 0 bridgehead atoms. The van der Waals surface area contributed by atoms with Gasteiger partial charge in [-0.1, -0.05) is 6.92 Å². The average Bonchev–Trinajstić information content (AvgIpc) is 2.98. The Hall–Kier alpha value is -1.43. The van der Waals surface area contributed by atoms with Gasteiger partial charge >= 0.3 is 5.97 Å². The zero-order valence-electron chi connectivity index (χ0n) is 10.9. The number of aryl methyl sites for hydroxylation is 1. The van der Waals surface area contributed by atoms with E-state index in [1.54, 1.807) is 11.3 Å². The number of carbonyl (C=O) groups is 2. The lowest BCUT2D eigenvalue weighted by Gasteiger charge is -2.11. The average molecular weight is 282 g/mol. The topological polar surface area (TPSA) is 79.3 Å². The second kappa shape index (κ2) is 6.14. The first-order valence-electron chi connectivity index (χ1n) is 6.54. The maximum Gasteiger partial charge on any atom is 0.306 e. The molecule has 1 fully saturated rings. The van der Waals surface area contributed by atoms with Crippen LogP contribution in [0.25, 0.3) is 0 Å². The molecular formula is C13H18N2O3S. The molecule has 1 saturated carbocycles. The van der Waals surface area contributed by atoms with Gasteiger partial charge in [0.1, 0.15) is 0 Å². The standard InChI is InChI=1S/C13H18N2O3S/c1-2-12-15-10(7-19-12)6-11(16)14-9-4-3-8(5-9)13(17)18/h7-9H,2-6H2,1H3,(H,14,16)(H,17,18)/t8-,9+/m0/s1. The van der Waals surface area contributed by atoms with Crippen molar-refractivity contribution >= 4 is 23.2 Å². The third kappa shape index (κ3) is 3.76. The summed E-state index contributed by atoms with van der Waals surface area (Å²) in [6.45, 7) is 2.03. The Morgan fingerprint density at radius 3 is 2.89 bits per heavy atom. The smallest absolute Gasteiger partial charge is 0.306 e. The molecule has 1 aromatic heterocycles. The molecule has 0 unspecified atom stereocenters. The van der Waals surface area contributed by atoms with Crippen molar-refractivity contribution in [1.82, 2.24) is 10.3 Å². The van der Waals surface area contributed by atoms with E-state index in [-0.39, 0.29) is 24.3 Å². The normalized spacial score (nSPS) is 22.4. The molecule has 1 aromatic rings. The molecule has 5 nitrogen and oxygen atoms in total. The van der Waals surface area contributed by atoms with Crippen LogP contribution < -0.4 is 5.32 Å². The SMILES string of the molecule is CCc1nc(CC(=O)N[C@@H]2CC[C@H](C(=O)O)C2)cs1. The first-order chi connectivity index (χ1) is 9.08. The summed E-state index contributed by atoms with van der Waals surface area (Å²) < 4.78 is 0. The number of aromatic nitrogens is 1. The van der Waals surface area contributed by atoms with Gasteiger partial charge in [0.15, 0.2) is 0 Å². The molecule has 0 radical (unpaired) electrons. The van der Waals surface area contributed by atoms with Crippen LogP contribution in [0.3, 0.4) is 0 Å². The number of carboxylic acid groups (broad SMARTS) is 1. The highest BCUT2D eigenvalue weighted by Gasteiger charge is 2.30. The number of nitrogens with zero attached hydrogens (tertiary/aromatic N) is 1. The fourth-order valence-corrected chi connectivity index (χ4v) is 3.12. The monoisotopic (exact) mass is 282 g/mol. The summed E-state index contributed by atoms with van der Waals surface area (Å²) in [5, 5.41) is 14.8. The van der Waals surface area contributed by atoms with Crippen LogP contribution in [0.2, 0.25) is 0 Å². The molecule has 0 aliphatic heterocycles. The number of hydrogen-bond acceptors (Lipinski definition) is 4. The molecule has 2 atom stereocenters. The van der Waals surface area contributed by atoms with Crippen molar-refractivity contribution in [2.24, 2.45) is 5.92 Å². The number of rotatable bonds is 5. The molecule has 2 N–H and O–H groups in total. The number of carboxylic acids is 1. The van der Waals surface area contributed by atoms with Gasteiger partial charge in [-0.3, -0.25) is 9.59 Å². The summed E-state index contributed by atoms with van der Waals surface area (Å²) >= 11 is 1.57. The van der Waals surface area contributed by atoms with Gasteiger partial charge in [0.2, 0.25) is 5.91 Å². The lowest BCUT2D eigenvalue weighted by Crippen LogP contribution is -2.34. The molecule has 0 aromatic carbocycles. The van der Waals surface area contributed by atoms with Gasteiger partial charge in [0.05, 0.1) is 23.0 Å². The van der Waals surface area contributed by atoms with Crippen LogP contribution in [0.1, 0.15) is 36.9 Å². The van der Waals surface area contributed by atoms with E-state index in [0.717, 1.165) is 23.5 Å². The summed E-state index contributed by atoms with van der Waals surface area (Å²) in [5.41, 5.74) is 0.798. The minimum Gasteiger partial charge on any atom is -0.481 e. The molecule has 1 heterocycles. The predicted octanol–water partition coefficient (Wildman–Crippen LogP) is 1.62. The van der Waals surface area contributed by atoms with Gasteiger partial charge in [-0.25, -0.2) is 4.98 Å².